The first-order valence-electron chi connectivity index (χ1n) is 6.49. The molecule has 0 bridgehead atoms. The molecule has 4 nitrogen and oxygen atoms in total. The molecule has 2 aromatic carbocycles. The number of benzene rings is 2. The maximum Gasteiger partial charge on any atom is 0.307 e. The molecule has 0 aliphatic carbocycles. The van der Waals surface area contributed by atoms with Gasteiger partial charge in [-0.3, -0.25) is 4.79 Å². The molecular formula is C16H9BrF3NO3. The number of hydrogen-bond acceptors (Lipinski definition) is 2. The van der Waals surface area contributed by atoms with Gasteiger partial charge in [-0.1, -0.05) is 6.07 Å². The van der Waals surface area contributed by atoms with Crippen molar-refractivity contribution in [2.75, 3.05) is 0 Å². The van der Waals surface area contributed by atoms with Crippen LogP contribution in [0.15, 0.2) is 34.8 Å². The lowest BCUT2D eigenvalue weighted by atomic mass is 10.1. The quantitative estimate of drug-likeness (QED) is 0.675. The van der Waals surface area contributed by atoms with Gasteiger partial charge in [0.25, 0.3) is 6.43 Å². The van der Waals surface area contributed by atoms with Crippen molar-refractivity contribution >= 4 is 27.6 Å². The summed E-state index contributed by atoms with van der Waals surface area (Å²) in [6.45, 7) is 6.93. The lowest BCUT2D eigenvalue weighted by molar-refractivity contribution is -0.136. The zero-order valence-electron chi connectivity index (χ0n) is 11.9. The highest BCUT2D eigenvalue weighted by molar-refractivity contribution is 9.10. The van der Waals surface area contributed by atoms with Crippen LogP contribution in [0, 0.1) is 12.4 Å². The highest BCUT2D eigenvalue weighted by atomic mass is 79.9. The molecule has 0 spiro atoms. The number of alkyl halides is 2. The SMILES string of the molecule is [C-]#[N+]c1cc(Oc2c(Br)ccc(CC(=O)O)c2F)cc(C(F)F)c1. The summed E-state index contributed by atoms with van der Waals surface area (Å²) >= 11 is 3.07. The minimum Gasteiger partial charge on any atom is -0.481 e. The van der Waals surface area contributed by atoms with Crippen LogP contribution >= 0.6 is 15.9 Å². The molecule has 0 saturated carbocycles. The standard InChI is InChI=1S/C16H9BrF3NO3/c1-21-10-4-9(16(19)20)5-11(7-10)24-15-12(17)3-2-8(14(15)18)6-13(22)23/h2-5,7,16H,6H2,(H,22,23). The Morgan fingerprint density at radius 3 is 2.62 bits per heavy atom. The summed E-state index contributed by atoms with van der Waals surface area (Å²) in [7, 11) is 0. The van der Waals surface area contributed by atoms with E-state index in [-0.39, 0.29) is 27.2 Å². The Morgan fingerprint density at radius 1 is 1.33 bits per heavy atom. The number of carboxylic acids is 1. The van der Waals surface area contributed by atoms with Gasteiger partial charge in [0.1, 0.15) is 5.75 Å². The first-order chi connectivity index (χ1) is 11.3. The van der Waals surface area contributed by atoms with Crippen molar-refractivity contribution in [2.24, 2.45) is 0 Å². The minimum atomic E-state index is -2.82. The third kappa shape index (κ3) is 4.06. The van der Waals surface area contributed by atoms with E-state index in [1.54, 1.807) is 0 Å². The Kier molecular flexibility index (Phi) is 5.46. The lowest BCUT2D eigenvalue weighted by Crippen LogP contribution is -2.04. The van der Waals surface area contributed by atoms with Gasteiger partial charge in [-0.15, -0.1) is 0 Å². The molecule has 0 atom stereocenters. The third-order valence-corrected chi connectivity index (χ3v) is 3.61. The summed E-state index contributed by atoms with van der Waals surface area (Å²) in [6, 6.07) is 5.87. The van der Waals surface area contributed by atoms with Crippen molar-refractivity contribution in [3.63, 3.8) is 0 Å². The monoisotopic (exact) mass is 399 g/mol. The van der Waals surface area contributed by atoms with E-state index in [1.807, 2.05) is 0 Å². The largest absolute Gasteiger partial charge is 0.481 e. The van der Waals surface area contributed by atoms with Crippen molar-refractivity contribution in [2.45, 2.75) is 12.8 Å². The Labute approximate surface area is 143 Å². The zero-order valence-corrected chi connectivity index (χ0v) is 13.5. The van der Waals surface area contributed by atoms with Crippen LogP contribution in [-0.2, 0) is 11.2 Å². The number of carbonyl (C=O) groups is 1. The summed E-state index contributed by atoms with van der Waals surface area (Å²) in [4.78, 5) is 13.8. The molecule has 24 heavy (non-hydrogen) atoms. The van der Waals surface area contributed by atoms with E-state index in [4.69, 9.17) is 16.4 Å². The van der Waals surface area contributed by atoms with Gasteiger partial charge in [0, 0.05) is 11.1 Å². The normalized spacial score (nSPS) is 10.5. The van der Waals surface area contributed by atoms with E-state index in [9.17, 15) is 18.0 Å². The minimum absolute atomic E-state index is 0.0824. The number of halogens is 4. The van der Waals surface area contributed by atoms with Crippen LogP contribution in [0.2, 0.25) is 0 Å². The summed E-state index contributed by atoms with van der Waals surface area (Å²) in [5.41, 5.74) is -0.631. The van der Waals surface area contributed by atoms with Gasteiger partial charge in [-0.2, -0.15) is 0 Å². The van der Waals surface area contributed by atoms with Crippen molar-refractivity contribution in [3.05, 3.63) is 63.2 Å². The predicted octanol–water partition coefficient (Wildman–Crippen LogP) is 5.50. The van der Waals surface area contributed by atoms with Crippen LogP contribution in [0.3, 0.4) is 0 Å². The fourth-order valence-corrected chi connectivity index (χ4v) is 2.33. The summed E-state index contributed by atoms with van der Waals surface area (Å²) in [6.07, 6.45) is -3.37. The summed E-state index contributed by atoms with van der Waals surface area (Å²) < 4.78 is 45.6. The molecule has 0 radical (unpaired) electrons. The molecule has 0 saturated heterocycles. The first-order valence-corrected chi connectivity index (χ1v) is 7.28. The van der Waals surface area contributed by atoms with E-state index >= 15 is 0 Å². The molecule has 0 aliphatic heterocycles. The third-order valence-electron chi connectivity index (χ3n) is 2.99. The highest BCUT2D eigenvalue weighted by Gasteiger charge is 2.18. The molecule has 8 heteroatoms. The fraction of sp³-hybridized carbons (Fsp3) is 0.125. The average molecular weight is 400 g/mol. The Balaban J connectivity index is 2.46. The number of ether oxygens (including phenoxy) is 1. The molecule has 0 fully saturated rings. The van der Waals surface area contributed by atoms with Crippen molar-refractivity contribution in [3.8, 4) is 11.5 Å². The van der Waals surface area contributed by atoms with Gasteiger partial charge in [0.2, 0.25) is 0 Å². The van der Waals surface area contributed by atoms with Gasteiger partial charge in [-0.05, 0) is 40.2 Å². The maximum atomic E-state index is 14.4. The Morgan fingerprint density at radius 2 is 2.04 bits per heavy atom. The lowest BCUT2D eigenvalue weighted by Gasteiger charge is -2.13. The molecule has 0 unspecified atom stereocenters. The molecule has 124 valence electrons. The smallest absolute Gasteiger partial charge is 0.307 e. The number of nitrogens with zero attached hydrogens (tertiary/aromatic N) is 1. The van der Waals surface area contributed by atoms with E-state index in [0.717, 1.165) is 12.1 Å². The van der Waals surface area contributed by atoms with Crippen molar-refractivity contribution in [1.29, 1.82) is 0 Å². The van der Waals surface area contributed by atoms with Gasteiger partial charge in [0.15, 0.2) is 17.3 Å². The van der Waals surface area contributed by atoms with Gasteiger partial charge < -0.3 is 9.84 Å². The molecular weight excluding hydrogens is 391 g/mol. The van der Waals surface area contributed by atoms with Crippen molar-refractivity contribution < 1.29 is 27.8 Å². The predicted molar refractivity (Wildman–Crippen MR) is 83.2 cm³/mol. The second-order valence-corrected chi connectivity index (χ2v) is 5.55. The molecule has 0 amide bonds. The number of hydrogen-bond donors (Lipinski definition) is 1. The first kappa shape index (κ1) is 17.8. The summed E-state index contributed by atoms with van der Waals surface area (Å²) in [5, 5.41) is 8.77. The highest BCUT2D eigenvalue weighted by Crippen LogP contribution is 2.37. The molecule has 2 rings (SSSR count). The van der Waals surface area contributed by atoms with Crippen molar-refractivity contribution in [1.82, 2.24) is 0 Å². The van der Waals surface area contributed by atoms with E-state index < -0.39 is 30.2 Å². The fourth-order valence-electron chi connectivity index (χ4n) is 1.94. The second-order valence-electron chi connectivity index (χ2n) is 4.69. The van der Waals surface area contributed by atoms with Gasteiger partial charge in [-0.25, -0.2) is 18.0 Å². The second kappa shape index (κ2) is 7.36. The van der Waals surface area contributed by atoms with Gasteiger partial charge in [0.05, 0.1) is 17.5 Å². The van der Waals surface area contributed by atoms with Crippen LogP contribution in [0.1, 0.15) is 17.6 Å². The Bertz CT molecular complexity index is 834. The van der Waals surface area contributed by atoms with Crippen LogP contribution in [0.5, 0.6) is 11.5 Å². The molecule has 2 aromatic rings. The maximum absolute atomic E-state index is 14.4. The summed E-state index contributed by atoms with van der Waals surface area (Å²) in [5.74, 6) is -2.63. The van der Waals surface area contributed by atoms with Crippen LogP contribution in [-0.4, -0.2) is 11.1 Å². The zero-order chi connectivity index (χ0) is 17.9. The Hall–Kier alpha value is -2.53. The molecule has 0 aliphatic rings. The number of carboxylic acid groups (broad SMARTS) is 1. The van der Waals surface area contributed by atoms with E-state index in [2.05, 4.69) is 20.8 Å². The molecule has 0 aromatic heterocycles. The van der Waals surface area contributed by atoms with Crippen LogP contribution in [0.4, 0.5) is 18.9 Å². The van der Waals surface area contributed by atoms with Crippen LogP contribution in [0.25, 0.3) is 4.85 Å². The molecule has 1 N–H and O–H groups in total. The average Bonchev–Trinajstić information content (AvgIpc) is 2.53. The van der Waals surface area contributed by atoms with E-state index in [0.29, 0.717) is 0 Å². The number of rotatable bonds is 5. The van der Waals surface area contributed by atoms with Gasteiger partial charge >= 0.3 is 5.97 Å². The molecule has 0 heterocycles. The topological polar surface area (TPSA) is 50.9 Å². The van der Waals surface area contributed by atoms with Crippen LogP contribution < -0.4 is 4.74 Å². The van der Waals surface area contributed by atoms with E-state index in [1.165, 1.54) is 18.2 Å². The number of aliphatic carboxylic acids is 1.